The molecule has 1 aromatic heterocycles. The van der Waals surface area contributed by atoms with Gasteiger partial charge in [-0.25, -0.2) is 4.98 Å². The van der Waals surface area contributed by atoms with Gasteiger partial charge >= 0.3 is 0 Å². The van der Waals surface area contributed by atoms with Gasteiger partial charge in [0.2, 0.25) is 0 Å². The van der Waals surface area contributed by atoms with Gasteiger partial charge in [-0.2, -0.15) is 0 Å². The third-order valence-electron chi connectivity index (χ3n) is 5.89. The summed E-state index contributed by atoms with van der Waals surface area (Å²) in [6.07, 6.45) is 0. The highest BCUT2D eigenvalue weighted by atomic mass is 79.9. The first-order valence-corrected chi connectivity index (χ1v) is 13.9. The van der Waals surface area contributed by atoms with Crippen LogP contribution < -0.4 is 14.8 Å². The minimum atomic E-state index is 0.303. The van der Waals surface area contributed by atoms with Crippen molar-refractivity contribution in [3.05, 3.63) is 104 Å². The molecule has 0 spiro atoms. The smallest absolute Gasteiger partial charge is 0.162 e. The molecule has 5 rings (SSSR count). The minimum Gasteiger partial charge on any atom is -0.493 e. The van der Waals surface area contributed by atoms with Gasteiger partial charge in [-0.15, -0.1) is 11.3 Å². The molecule has 188 valence electrons. The van der Waals surface area contributed by atoms with E-state index in [0.29, 0.717) is 34.7 Å². The maximum atomic E-state index is 6.28. The van der Waals surface area contributed by atoms with Gasteiger partial charge in [0, 0.05) is 37.9 Å². The molecule has 1 N–H and O–H groups in total. The van der Waals surface area contributed by atoms with Crippen molar-refractivity contribution in [1.29, 1.82) is 0 Å². The van der Waals surface area contributed by atoms with Crippen LogP contribution in [0.3, 0.4) is 0 Å². The first-order chi connectivity index (χ1) is 17.9. The molecule has 0 bridgehead atoms. The van der Waals surface area contributed by atoms with E-state index in [2.05, 4.69) is 70.6 Å². The fourth-order valence-corrected chi connectivity index (χ4v) is 5.86. The van der Waals surface area contributed by atoms with Gasteiger partial charge < -0.3 is 14.8 Å². The molecule has 0 aliphatic rings. The lowest BCUT2D eigenvalue weighted by Crippen LogP contribution is -2.03. The van der Waals surface area contributed by atoms with E-state index in [4.69, 9.17) is 37.7 Å². The Morgan fingerprint density at radius 3 is 2.49 bits per heavy atom. The first-order valence-electron chi connectivity index (χ1n) is 11.5. The summed E-state index contributed by atoms with van der Waals surface area (Å²) in [5.74, 6) is 1.27. The normalized spacial score (nSPS) is 11.1. The number of thiazole rings is 1. The maximum absolute atomic E-state index is 6.28. The number of rotatable bonds is 8. The molecule has 5 aromatic rings. The zero-order valence-electron chi connectivity index (χ0n) is 20.1. The van der Waals surface area contributed by atoms with Crippen LogP contribution in [0.15, 0.2) is 77.3 Å². The Balaban J connectivity index is 1.26. The molecule has 8 heteroatoms. The number of nitrogens with zero attached hydrogens (tertiary/aromatic N) is 1. The Morgan fingerprint density at radius 2 is 1.73 bits per heavy atom. The summed E-state index contributed by atoms with van der Waals surface area (Å²) in [6.45, 7) is 3.02. The monoisotopic (exact) mass is 612 g/mol. The number of aromatic nitrogens is 1. The standard InChI is InChI=1S/C29H23BrCl2N2O2S/c1-17-3-10-25-28(11-17)37-29(34-25)18-5-8-22(9-6-18)33-15-20-12-26(35-2)27(14-23(20)30)36-16-19-4-7-21(31)13-24(19)32/h3-14,33H,15-16H2,1-2H3. The second-order valence-corrected chi connectivity index (χ2v) is 11.3. The van der Waals surface area contributed by atoms with E-state index < -0.39 is 0 Å². The molecule has 4 aromatic carbocycles. The largest absolute Gasteiger partial charge is 0.493 e. The highest BCUT2D eigenvalue weighted by molar-refractivity contribution is 9.10. The third kappa shape index (κ3) is 6.04. The molecule has 0 aliphatic heterocycles. The van der Waals surface area contributed by atoms with Crippen LogP contribution in [0.5, 0.6) is 11.5 Å². The quantitative estimate of drug-likeness (QED) is 0.189. The van der Waals surface area contributed by atoms with E-state index in [1.807, 2.05) is 18.2 Å². The van der Waals surface area contributed by atoms with E-state index in [1.54, 1.807) is 30.6 Å². The minimum absolute atomic E-state index is 0.303. The molecular weight excluding hydrogens is 591 g/mol. The Bertz CT molecular complexity index is 1570. The van der Waals surface area contributed by atoms with Crippen LogP contribution in [0.4, 0.5) is 5.69 Å². The number of halogens is 3. The highest BCUT2D eigenvalue weighted by Crippen LogP contribution is 2.36. The highest BCUT2D eigenvalue weighted by Gasteiger charge is 2.12. The van der Waals surface area contributed by atoms with Crippen molar-refractivity contribution in [2.24, 2.45) is 0 Å². The summed E-state index contributed by atoms with van der Waals surface area (Å²) in [5.41, 5.74) is 6.29. The van der Waals surface area contributed by atoms with Crippen molar-refractivity contribution in [3.8, 4) is 22.1 Å². The van der Waals surface area contributed by atoms with Gasteiger partial charge in [0.05, 0.1) is 17.3 Å². The topological polar surface area (TPSA) is 43.4 Å². The number of ether oxygens (including phenoxy) is 2. The van der Waals surface area contributed by atoms with E-state index >= 15 is 0 Å². The van der Waals surface area contributed by atoms with Crippen molar-refractivity contribution in [2.75, 3.05) is 12.4 Å². The summed E-state index contributed by atoms with van der Waals surface area (Å²) >= 11 is 17.7. The number of aryl methyl sites for hydroxylation is 1. The number of nitrogens with one attached hydrogen (secondary N) is 1. The Kier molecular flexibility index (Phi) is 7.91. The van der Waals surface area contributed by atoms with Crippen LogP contribution in [0, 0.1) is 6.92 Å². The number of hydrogen-bond acceptors (Lipinski definition) is 5. The van der Waals surface area contributed by atoms with Gasteiger partial charge in [-0.1, -0.05) is 51.3 Å². The molecule has 0 saturated carbocycles. The predicted octanol–water partition coefficient (Wildman–Crippen LogP) is 9.54. The third-order valence-corrected chi connectivity index (χ3v) is 8.28. The van der Waals surface area contributed by atoms with Crippen molar-refractivity contribution < 1.29 is 9.47 Å². The Hall–Kier alpha value is -2.77. The molecular formula is C29H23BrCl2N2O2S. The molecule has 0 aliphatic carbocycles. The molecule has 0 amide bonds. The van der Waals surface area contributed by atoms with Gasteiger partial charge in [-0.05, 0) is 78.7 Å². The summed E-state index contributed by atoms with van der Waals surface area (Å²) in [7, 11) is 1.63. The number of fused-ring (bicyclic) bond motifs is 1. The number of benzene rings is 4. The summed E-state index contributed by atoms with van der Waals surface area (Å²) in [6, 6.07) is 23.9. The van der Waals surface area contributed by atoms with Crippen LogP contribution in [0.2, 0.25) is 10.0 Å². The van der Waals surface area contributed by atoms with Crippen molar-refractivity contribution >= 4 is 66.4 Å². The van der Waals surface area contributed by atoms with E-state index in [0.717, 1.165) is 37.4 Å². The summed E-state index contributed by atoms with van der Waals surface area (Å²) in [5, 5.41) is 5.66. The van der Waals surface area contributed by atoms with Crippen LogP contribution in [0.1, 0.15) is 16.7 Å². The van der Waals surface area contributed by atoms with Gasteiger partial charge in [0.1, 0.15) is 11.6 Å². The average Bonchev–Trinajstić information content (AvgIpc) is 3.31. The van der Waals surface area contributed by atoms with E-state index in [-0.39, 0.29) is 0 Å². The summed E-state index contributed by atoms with van der Waals surface area (Å²) in [4.78, 5) is 4.78. The fourth-order valence-electron chi connectivity index (χ4n) is 3.86. The zero-order chi connectivity index (χ0) is 25.9. The van der Waals surface area contributed by atoms with Gasteiger partial charge in [0.25, 0.3) is 0 Å². The lowest BCUT2D eigenvalue weighted by Gasteiger charge is -2.15. The van der Waals surface area contributed by atoms with E-state index in [9.17, 15) is 0 Å². The van der Waals surface area contributed by atoms with Crippen molar-refractivity contribution in [1.82, 2.24) is 4.98 Å². The molecule has 0 radical (unpaired) electrons. The fraction of sp³-hybridized carbons (Fsp3) is 0.138. The lowest BCUT2D eigenvalue weighted by molar-refractivity contribution is 0.284. The van der Waals surface area contributed by atoms with Crippen molar-refractivity contribution in [2.45, 2.75) is 20.1 Å². The van der Waals surface area contributed by atoms with Crippen LogP contribution in [-0.2, 0) is 13.2 Å². The summed E-state index contributed by atoms with van der Waals surface area (Å²) < 4.78 is 13.7. The Labute approximate surface area is 238 Å². The van der Waals surface area contributed by atoms with Gasteiger partial charge in [-0.3, -0.25) is 0 Å². The second-order valence-electron chi connectivity index (χ2n) is 8.54. The second kappa shape index (κ2) is 11.3. The van der Waals surface area contributed by atoms with Crippen LogP contribution in [0.25, 0.3) is 20.8 Å². The first kappa shape index (κ1) is 25.9. The zero-order valence-corrected chi connectivity index (χ0v) is 24.1. The van der Waals surface area contributed by atoms with E-state index in [1.165, 1.54) is 10.3 Å². The molecule has 0 atom stereocenters. The van der Waals surface area contributed by atoms with Crippen LogP contribution in [-0.4, -0.2) is 12.1 Å². The molecule has 37 heavy (non-hydrogen) atoms. The molecule has 0 fully saturated rings. The number of hydrogen-bond donors (Lipinski definition) is 1. The maximum Gasteiger partial charge on any atom is 0.162 e. The predicted molar refractivity (Wildman–Crippen MR) is 159 cm³/mol. The van der Waals surface area contributed by atoms with Gasteiger partial charge in [0.15, 0.2) is 11.5 Å². The number of anilines is 1. The van der Waals surface area contributed by atoms with Crippen LogP contribution >= 0.6 is 50.5 Å². The Morgan fingerprint density at radius 1 is 0.919 bits per heavy atom. The lowest BCUT2D eigenvalue weighted by atomic mass is 10.1. The molecule has 4 nitrogen and oxygen atoms in total. The SMILES string of the molecule is COc1cc(CNc2ccc(-c3nc4ccc(C)cc4s3)cc2)c(Br)cc1OCc1ccc(Cl)cc1Cl. The molecule has 1 heterocycles. The molecule has 0 saturated heterocycles. The van der Waals surface area contributed by atoms with Crippen molar-refractivity contribution in [3.63, 3.8) is 0 Å². The number of methoxy groups -OCH3 is 1. The average molecular weight is 614 g/mol. The molecule has 0 unspecified atom stereocenters.